The maximum absolute atomic E-state index is 6.51. The molecular formula is C13H15Cl2N. The molecule has 0 bridgehead atoms. The molecule has 1 atom stereocenters. The summed E-state index contributed by atoms with van der Waals surface area (Å²) in [5, 5.41) is 3.37. The van der Waals surface area contributed by atoms with Crippen molar-refractivity contribution >= 4 is 23.2 Å². The summed E-state index contributed by atoms with van der Waals surface area (Å²) in [7, 11) is 0. The molecule has 2 fully saturated rings. The Morgan fingerprint density at radius 3 is 2.31 bits per heavy atom. The fraction of sp³-hybridized carbons (Fsp3) is 0.538. The highest BCUT2D eigenvalue weighted by atomic mass is 35.5. The van der Waals surface area contributed by atoms with Gasteiger partial charge in [0.05, 0.1) is 0 Å². The molecule has 16 heavy (non-hydrogen) atoms. The van der Waals surface area contributed by atoms with Crippen molar-refractivity contribution in [2.45, 2.75) is 23.1 Å². The van der Waals surface area contributed by atoms with Gasteiger partial charge < -0.3 is 5.32 Å². The number of nitrogens with one attached hydrogen (secondary N) is 1. The first kappa shape index (κ1) is 10.9. The Morgan fingerprint density at radius 2 is 1.69 bits per heavy atom. The van der Waals surface area contributed by atoms with Gasteiger partial charge in [0.15, 0.2) is 0 Å². The molecule has 0 unspecified atom stereocenters. The number of hydrogen-bond donors (Lipinski definition) is 1. The summed E-state index contributed by atoms with van der Waals surface area (Å²) in [6.45, 7) is 2.06. The molecule has 86 valence electrons. The van der Waals surface area contributed by atoms with Gasteiger partial charge in [-0.15, -0.1) is 23.2 Å². The van der Waals surface area contributed by atoms with Crippen LogP contribution in [0, 0.1) is 5.41 Å². The predicted octanol–water partition coefficient (Wildman–Crippen LogP) is 3.33. The van der Waals surface area contributed by atoms with Gasteiger partial charge in [0.25, 0.3) is 0 Å². The first-order valence-electron chi connectivity index (χ1n) is 5.82. The zero-order chi connectivity index (χ0) is 11.2. The molecule has 1 saturated carbocycles. The maximum atomic E-state index is 6.51. The summed E-state index contributed by atoms with van der Waals surface area (Å²) in [6.07, 6.45) is 2.17. The minimum Gasteiger partial charge on any atom is -0.317 e. The number of benzene rings is 1. The maximum Gasteiger partial charge on any atom is 0.132 e. The molecule has 1 spiro atoms. The Hall–Kier alpha value is -0.240. The van der Waals surface area contributed by atoms with E-state index in [-0.39, 0.29) is 5.41 Å². The Kier molecular flexibility index (Phi) is 2.47. The van der Waals surface area contributed by atoms with Crippen molar-refractivity contribution in [3.05, 3.63) is 35.9 Å². The van der Waals surface area contributed by atoms with Crippen LogP contribution in [0.15, 0.2) is 30.3 Å². The molecule has 1 aromatic rings. The molecule has 1 aliphatic heterocycles. The highest BCUT2D eigenvalue weighted by Crippen LogP contribution is 2.77. The van der Waals surface area contributed by atoms with Crippen LogP contribution in [-0.2, 0) is 0 Å². The summed E-state index contributed by atoms with van der Waals surface area (Å²) in [5.74, 6) is 0.312. The highest BCUT2D eigenvalue weighted by molar-refractivity contribution is 6.52. The zero-order valence-electron chi connectivity index (χ0n) is 9.05. The van der Waals surface area contributed by atoms with Gasteiger partial charge in [0, 0.05) is 11.3 Å². The van der Waals surface area contributed by atoms with Crippen molar-refractivity contribution in [3.8, 4) is 0 Å². The lowest BCUT2D eigenvalue weighted by molar-refractivity contribution is 0.338. The summed E-state index contributed by atoms with van der Waals surface area (Å²) in [6, 6.07) is 10.4. The van der Waals surface area contributed by atoms with E-state index in [1.54, 1.807) is 0 Å². The fourth-order valence-corrected chi connectivity index (χ4v) is 4.33. The van der Waals surface area contributed by atoms with Gasteiger partial charge in [-0.1, -0.05) is 30.3 Å². The van der Waals surface area contributed by atoms with Crippen molar-refractivity contribution < 1.29 is 0 Å². The van der Waals surface area contributed by atoms with Crippen molar-refractivity contribution in [1.29, 1.82) is 0 Å². The third kappa shape index (κ3) is 1.35. The molecule has 0 radical (unpaired) electrons. The Bertz CT molecular complexity index is 382. The quantitative estimate of drug-likeness (QED) is 0.760. The van der Waals surface area contributed by atoms with Crippen LogP contribution in [0.1, 0.15) is 24.3 Å². The van der Waals surface area contributed by atoms with E-state index in [9.17, 15) is 0 Å². The number of alkyl halides is 2. The number of piperidine rings is 1. The topological polar surface area (TPSA) is 12.0 Å². The van der Waals surface area contributed by atoms with Crippen LogP contribution < -0.4 is 5.32 Å². The van der Waals surface area contributed by atoms with Crippen LogP contribution >= 0.6 is 23.2 Å². The normalized spacial score (nSPS) is 30.2. The summed E-state index contributed by atoms with van der Waals surface area (Å²) < 4.78 is -0.559. The molecule has 3 heteroatoms. The third-order valence-electron chi connectivity index (χ3n) is 4.12. The lowest BCUT2D eigenvalue weighted by atomic mass is 9.89. The van der Waals surface area contributed by atoms with Crippen molar-refractivity contribution in [2.75, 3.05) is 13.1 Å². The average Bonchev–Trinajstić information content (AvgIpc) is 2.76. The molecule has 1 aliphatic carbocycles. The van der Waals surface area contributed by atoms with E-state index in [0.29, 0.717) is 5.92 Å². The average molecular weight is 256 g/mol. The first-order valence-corrected chi connectivity index (χ1v) is 6.57. The van der Waals surface area contributed by atoms with E-state index in [1.165, 1.54) is 5.56 Å². The molecular weight excluding hydrogens is 241 g/mol. The second-order valence-electron chi connectivity index (χ2n) is 4.87. The Morgan fingerprint density at radius 1 is 1.06 bits per heavy atom. The van der Waals surface area contributed by atoms with Gasteiger partial charge in [-0.05, 0) is 31.5 Å². The zero-order valence-corrected chi connectivity index (χ0v) is 10.6. The largest absolute Gasteiger partial charge is 0.317 e. The van der Waals surface area contributed by atoms with Gasteiger partial charge >= 0.3 is 0 Å². The molecule has 1 aromatic carbocycles. The second-order valence-corrected chi connectivity index (χ2v) is 6.26. The molecule has 1 N–H and O–H groups in total. The molecule has 3 rings (SSSR count). The molecule has 0 aromatic heterocycles. The number of hydrogen-bond acceptors (Lipinski definition) is 1. The van der Waals surface area contributed by atoms with Crippen LogP contribution in [0.25, 0.3) is 0 Å². The molecule has 1 heterocycles. The van der Waals surface area contributed by atoms with Crippen LogP contribution in [0.4, 0.5) is 0 Å². The van der Waals surface area contributed by atoms with Gasteiger partial charge in [0.1, 0.15) is 4.33 Å². The summed E-state index contributed by atoms with van der Waals surface area (Å²) in [5.41, 5.74) is 1.40. The summed E-state index contributed by atoms with van der Waals surface area (Å²) in [4.78, 5) is 0. The van der Waals surface area contributed by atoms with Crippen LogP contribution in [0.5, 0.6) is 0 Å². The second kappa shape index (κ2) is 3.63. The lowest BCUT2D eigenvalue weighted by Crippen LogP contribution is -2.31. The number of rotatable bonds is 1. The van der Waals surface area contributed by atoms with Crippen molar-refractivity contribution in [2.24, 2.45) is 5.41 Å². The number of halogens is 2. The molecule has 1 nitrogen and oxygen atoms in total. The van der Waals surface area contributed by atoms with Gasteiger partial charge in [-0.2, -0.15) is 0 Å². The fourth-order valence-electron chi connectivity index (χ4n) is 3.18. The van der Waals surface area contributed by atoms with E-state index in [2.05, 4.69) is 29.6 Å². The Balaban J connectivity index is 1.93. The standard InChI is InChI=1S/C13H15Cl2N/c14-13(15)11(10-4-2-1-3-5-10)12(13)6-8-16-9-7-12/h1-5,11,16H,6-9H2/t11-/m0/s1. The van der Waals surface area contributed by atoms with E-state index in [1.807, 2.05) is 6.07 Å². The minimum atomic E-state index is -0.559. The minimum absolute atomic E-state index is 0.114. The molecule has 0 amide bonds. The SMILES string of the molecule is ClC1(Cl)[C@@H](c2ccccc2)C12CCNCC2. The van der Waals surface area contributed by atoms with E-state index < -0.39 is 4.33 Å². The molecule has 1 saturated heterocycles. The van der Waals surface area contributed by atoms with Crippen molar-refractivity contribution in [1.82, 2.24) is 5.32 Å². The van der Waals surface area contributed by atoms with E-state index in [4.69, 9.17) is 23.2 Å². The van der Waals surface area contributed by atoms with E-state index in [0.717, 1.165) is 25.9 Å². The predicted molar refractivity (Wildman–Crippen MR) is 68.2 cm³/mol. The van der Waals surface area contributed by atoms with Gasteiger partial charge in [-0.25, -0.2) is 0 Å². The molecule has 2 aliphatic rings. The van der Waals surface area contributed by atoms with Crippen LogP contribution in [0.3, 0.4) is 0 Å². The van der Waals surface area contributed by atoms with Gasteiger partial charge in [0.2, 0.25) is 0 Å². The van der Waals surface area contributed by atoms with E-state index >= 15 is 0 Å². The Labute approximate surface area is 106 Å². The monoisotopic (exact) mass is 255 g/mol. The van der Waals surface area contributed by atoms with Crippen LogP contribution in [0.2, 0.25) is 0 Å². The lowest BCUT2D eigenvalue weighted by Gasteiger charge is -2.24. The third-order valence-corrected chi connectivity index (χ3v) is 5.31. The first-order chi connectivity index (χ1) is 7.68. The van der Waals surface area contributed by atoms with Gasteiger partial charge in [-0.3, -0.25) is 0 Å². The van der Waals surface area contributed by atoms with Crippen molar-refractivity contribution in [3.63, 3.8) is 0 Å². The van der Waals surface area contributed by atoms with Crippen LogP contribution in [-0.4, -0.2) is 17.4 Å². The smallest absolute Gasteiger partial charge is 0.132 e. The summed E-state index contributed by atoms with van der Waals surface area (Å²) >= 11 is 13.0. The highest BCUT2D eigenvalue weighted by Gasteiger charge is 2.75.